The third-order valence-electron chi connectivity index (χ3n) is 2.80. The van der Waals surface area contributed by atoms with Crippen LogP contribution < -0.4 is 5.32 Å². The van der Waals surface area contributed by atoms with Crippen molar-refractivity contribution in [2.45, 2.75) is 18.9 Å². The van der Waals surface area contributed by atoms with Gasteiger partial charge in [0.15, 0.2) is 0 Å². The van der Waals surface area contributed by atoms with Gasteiger partial charge in [-0.2, -0.15) is 0 Å². The molecule has 0 spiro atoms. The number of carbonyl (C=O) groups excluding carboxylic acids is 1. The van der Waals surface area contributed by atoms with Gasteiger partial charge in [-0.15, -0.1) is 0 Å². The first-order valence-corrected chi connectivity index (χ1v) is 5.79. The topological polar surface area (TPSA) is 50.8 Å². The van der Waals surface area contributed by atoms with Gasteiger partial charge in [-0.05, 0) is 19.4 Å². The van der Waals surface area contributed by atoms with Gasteiger partial charge in [-0.3, -0.25) is 4.79 Å². The molecule has 1 atom stereocenters. The van der Waals surface area contributed by atoms with E-state index < -0.39 is 0 Å². The second kappa shape index (κ2) is 7.60. The number of nitrogens with one attached hydrogen (secondary N) is 1. The van der Waals surface area contributed by atoms with Crippen LogP contribution in [0.4, 0.5) is 0 Å². The molecule has 1 saturated heterocycles. The van der Waals surface area contributed by atoms with E-state index in [2.05, 4.69) is 5.32 Å². The van der Waals surface area contributed by atoms with Gasteiger partial charge in [0.25, 0.3) is 0 Å². The van der Waals surface area contributed by atoms with Crippen molar-refractivity contribution >= 4 is 5.91 Å². The molecule has 1 N–H and O–H groups in total. The van der Waals surface area contributed by atoms with E-state index in [9.17, 15) is 4.79 Å². The number of hydrogen-bond acceptors (Lipinski definition) is 4. The Balaban J connectivity index is 2.41. The molecule has 1 fully saturated rings. The second-order valence-corrected chi connectivity index (χ2v) is 3.96. The Bertz CT molecular complexity index is 197. The molecule has 5 heteroatoms. The van der Waals surface area contributed by atoms with E-state index in [1.54, 1.807) is 14.2 Å². The first-order valence-electron chi connectivity index (χ1n) is 5.79. The number of amides is 1. The van der Waals surface area contributed by atoms with Gasteiger partial charge in [-0.25, -0.2) is 0 Å². The molecule has 16 heavy (non-hydrogen) atoms. The average Bonchev–Trinajstić information content (AvgIpc) is 2.82. The molecule has 1 rings (SSSR count). The maximum atomic E-state index is 12.1. The number of carbonyl (C=O) groups is 1. The molecule has 0 aliphatic carbocycles. The van der Waals surface area contributed by atoms with Crippen LogP contribution in [0.25, 0.3) is 0 Å². The minimum atomic E-state index is -0.00582. The molecule has 0 unspecified atom stereocenters. The third kappa shape index (κ3) is 4.08. The Hall–Kier alpha value is -0.650. The normalized spacial score (nSPS) is 20.0. The first kappa shape index (κ1) is 13.4. The number of ether oxygens (including phenoxy) is 2. The lowest BCUT2D eigenvalue weighted by molar-refractivity contribution is -0.134. The Kier molecular flexibility index (Phi) is 6.37. The summed E-state index contributed by atoms with van der Waals surface area (Å²) in [6, 6.07) is -0.00582. The molecule has 0 bridgehead atoms. The summed E-state index contributed by atoms with van der Waals surface area (Å²) in [5, 5.41) is 3.22. The monoisotopic (exact) mass is 230 g/mol. The minimum Gasteiger partial charge on any atom is -0.383 e. The van der Waals surface area contributed by atoms with Crippen LogP contribution >= 0.6 is 0 Å². The summed E-state index contributed by atoms with van der Waals surface area (Å²) >= 11 is 0. The fraction of sp³-hybridized carbons (Fsp3) is 0.909. The maximum Gasteiger partial charge on any atom is 0.239 e. The van der Waals surface area contributed by atoms with E-state index in [0.29, 0.717) is 26.3 Å². The lowest BCUT2D eigenvalue weighted by atomic mass is 10.2. The number of methoxy groups -OCH3 is 2. The van der Waals surface area contributed by atoms with E-state index in [4.69, 9.17) is 9.47 Å². The molecule has 0 aromatic rings. The van der Waals surface area contributed by atoms with Gasteiger partial charge in [0.05, 0.1) is 19.3 Å². The summed E-state index contributed by atoms with van der Waals surface area (Å²) in [4.78, 5) is 13.9. The van der Waals surface area contributed by atoms with Crippen molar-refractivity contribution in [3.05, 3.63) is 0 Å². The fourth-order valence-corrected chi connectivity index (χ4v) is 1.85. The Labute approximate surface area is 97.1 Å². The summed E-state index contributed by atoms with van der Waals surface area (Å²) in [5.74, 6) is 0.173. The standard InChI is InChI=1S/C11H22N2O3/c1-15-8-6-13(7-9-16-2)11(14)10-4-3-5-12-10/h10,12H,3-9H2,1-2H3/t10-/m1/s1. The van der Waals surface area contributed by atoms with Crippen molar-refractivity contribution in [2.75, 3.05) is 47.1 Å². The van der Waals surface area contributed by atoms with Crippen molar-refractivity contribution < 1.29 is 14.3 Å². The molecule has 1 amide bonds. The maximum absolute atomic E-state index is 12.1. The van der Waals surface area contributed by atoms with Crippen LogP contribution in [0.3, 0.4) is 0 Å². The molecular weight excluding hydrogens is 208 g/mol. The predicted octanol–water partition coefficient (Wildman–Crippen LogP) is -0.140. The number of hydrogen-bond donors (Lipinski definition) is 1. The van der Waals surface area contributed by atoms with E-state index in [0.717, 1.165) is 19.4 Å². The van der Waals surface area contributed by atoms with Gasteiger partial charge in [0, 0.05) is 27.3 Å². The summed E-state index contributed by atoms with van der Waals surface area (Å²) in [6.07, 6.45) is 2.02. The highest BCUT2D eigenvalue weighted by atomic mass is 16.5. The van der Waals surface area contributed by atoms with Gasteiger partial charge >= 0.3 is 0 Å². The van der Waals surface area contributed by atoms with Gasteiger partial charge < -0.3 is 19.7 Å². The highest BCUT2D eigenvalue weighted by Crippen LogP contribution is 2.08. The quantitative estimate of drug-likeness (QED) is 0.661. The first-order chi connectivity index (χ1) is 7.79. The van der Waals surface area contributed by atoms with E-state index >= 15 is 0 Å². The zero-order valence-corrected chi connectivity index (χ0v) is 10.2. The zero-order chi connectivity index (χ0) is 11.8. The predicted molar refractivity (Wildman–Crippen MR) is 61.4 cm³/mol. The third-order valence-corrected chi connectivity index (χ3v) is 2.80. The fourth-order valence-electron chi connectivity index (χ4n) is 1.85. The van der Waals surface area contributed by atoms with Crippen molar-refractivity contribution in [3.8, 4) is 0 Å². The Morgan fingerprint density at radius 3 is 2.38 bits per heavy atom. The SMILES string of the molecule is COCCN(CCOC)C(=O)[C@H]1CCCN1. The lowest BCUT2D eigenvalue weighted by Crippen LogP contribution is -2.46. The lowest BCUT2D eigenvalue weighted by Gasteiger charge is -2.25. The van der Waals surface area contributed by atoms with Gasteiger partial charge in [0.2, 0.25) is 5.91 Å². The summed E-state index contributed by atoms with van der Waals surface area (Å²) < 4.78 is 10.0. The summed E-state index contributed by atoms with van der Waals surface area (Å²) in [7, 11) is 3.29. The van der Waals surface area contributed by atoms with Gasteiger partial charge in [-0.1, -0.05) is 0 Å². The Morgan fingerprint density at radius 2 is 1.94 bits per heavy atom. The van der Waals surface area contributed by atoms with Crippen molar-refractivity contribution in [2.24, 2.45) is 0 Å². The molecule has 0 saturated carbocycles. The van der Waals surface area contributed by atoms with Crippen LogP contribution in [0, 0.1) is 0 Å². The minimum absolute atomic E-state index is 0.00582. The van der Waals surface area contributed by atoms with E-state index in [1.165, 1.54) is 0 Å². The molecule has 94 valence electrons. The zero-order valence-electron chi connectivity index (χ0n) is 10.2. The van der Waals surface area contributed by atoms with Crippen LogP contribution in [0.1, 0.15) is 12.8 Å². The highest BCUT2D eigenvalue weighted by molar-refractivity contribution is 5.82. The van der Waals surface area contributed by atoms with E-state index in [1.807, 2.05) is 4.90 Å². The molecule has 0 aromatic heterocycles. The van der Waals surface area contributed by atoms with Crippen LogP contribution in [0.5, 0.6) is 0 Å². The Morgan fingerprint density at radius 1 is 1.31 bits per heavy atom. The molecule has 1 aliphatic heterocycles. The molecule has 1 aliphatic rings. The van der Waals surface area contributed by atoms with Crippen LogP contribution in [0.2, 0.25) is 0 Å². The van der Waals surface area contributed by atoms with Crippen LogP contribution in [-0.4, -0.2) is 63.9 Å². The molecule has 0 radical (unpaired) electrons. The summed E-state index contributed by atoms with van der Waals surface area (Å²) in [6.45, 7) is 3.36. The molecule has 0 aromatic carbocycles. The van der Waals surface area contributed by atoms with Crippen LogP contribution in [0.15, 0.2) is 0 Å². The molecule has 1 heterocycles. The van der Waals surface area contributed by atoms with Crippen molar-refractivity contribution in [3.63, 3.8) is 0 Å². The number of nitrogens with zero attached hydrogens (tertiary/aromatic N) is 1. The van der Waals surface area contributed by atoms with Crippen molar-refractivity contribution in [1.29, 1.82) is 0 Å². The van der Waals surface area contributed by atoms with E-state index in [-0.39, 0.29) is 11.9 Å². The largest absolute Gasteiger partial charge is 0.383 e. The number of rotatable bonds is 7. The van der Waals surface area contributed by atoms with Gasteiger partial charge in [0.1, 0.15) is 0 Å². The highest BCUT2D eigenvalue weighted by Gasteiger charge is 2.26. The summed E-state index contributed by atoms with van der Waals surface area (Å²) in [5.41, 5.74) is 0. The van der Waals surface area contributed by atoms with Crippen molar-refractivity contribution in [1.82, 2.24) is 10.2 Å². The average molecular weight is 230 g/mol. The smallest absolute Gasteiger partial charge is 0.239 e. The molecular formula is C11H22N2O3. The van der Waals surface area contributed by atoms with Crippen LogP contribution in [-0.2, 0) is 14.3 Å². The molecule has 5 nitrogen and oxygen atoms in total. The second-order valence-electron chi connectivity index (χ2n) is 3.96.